The van der Waals surface area contributed by atoms with Crippen molar-refractivity contribution < 1.29 is 48.0 Å². The molecule has 0 spiro atoms. The number of ether oxygens (including phenoxy) is 4. The number of hydrazine groups is 1. The number of benzene rings is 3. The van der Waals surface area contributed by atoms with Crippen molar-refractivity contribution in [2.75, 3.05) is 96.7 Å². The van der Waals surface area contributed by atoms with E-state index in [4.69, 9.17) is 24.0 Å². The van der Waals surface area contributed by atoms with Gasteiger partial charge >= 0.3 is 6.03 Å². The molecule has 19 nitrogen and oxygen atoms in total. The summed E-state index contributed by atoms with van der Waals surface area (Å²) in [7, 11) is 1.81. The van der Waals surface area contributed by atoms with Gasteiger partial charge < -0.3 is 50.6 Å². The van der Waals surface area contributed by atoms with Gasteiger partial charge in [-0.2, -0.15) is 5.10 Å². The van der Waals surface area contributed by atoms with Gasteiger partial charge in [-0.25, -0.2) is 9.80 Å². The lowest BCUT2D eigenvalue weighted by Gasteiger charge is -2.27. The highest BCUT2D eigenvalue weighted by Crippen LogP contribution is 2.44. The first kappa shape index (κ1) is 46.1. The van der Waals surface area contributed by atoms with E-state index in [-0.39, 0.29) is 61.4 Å². The molecular weight excluding hydrogens is 815 g/mol. The zero-order valence-corrected chi connectivity index (χ0v) is 35.5. The van der Waals surface area contributed by atoms with Crippen LogP contribution in [0.15, 0.2) is 66.7 Å². The van der Waals surface area contributed by atoms with Crippen LogP contribution >= 0.6 is 0 Å². The van der Waals surface area contributed by atoms with Crippen LogP contribution in [0, 0.1) is 0 Å². The van der Waals surface area contributed by atoms with Crippen molar-refractivity contribution in [3.63, 3.8) is 0 Å². The number of carbonyl (C=O) groups excluding carboxylic acids is 5. The fourth-order valence-corrected chi connectivity index (χ4v) is 6.95. The molecule has 0 unspecified atom stereocenters. The second-order valence-electron chi connectivity index (χ2n) is 14.8. The van der Waals surface area contributed by atoms with E-state index in [2.05, 4.69) is 32.0 Å². The average Bonchev–Trinajstić information content (AvgIpc) is 3.79. The third kappa shape index (κ3) is 13.1. The molecule has 2 aliphatic rings. The van der Waals surface area contributed by atoms with E-state index in [1.54, 1.807) is 47.5 Å². The van der Waals surface area contributed by atoms with Gasteiger partial charge in [-0.1, -0.05) is 12.1 Å². The maximum Gasteiger partial charge on any atom is 0.333 e. The summed E-state index contributed by atoms with van der Waals surface area (Å²) in [4.78, 5) is 64.7. The minimum Gasteiger partial charge on any atom is -0.508 e. The van der Waals surface area contributed by atoms with Crippen LogP contribution in [0.4, 0.5) is 16.2 Å². The molecule has 1 aliphatic carbocycles. The lowest BCUT2D eigenvalue weighted by molar-refractivity contribution is -0.122. The topological polar surface area (TPSA) is 236 Å². The lowest BCUT2D eigenvalue weighted by Crippen LogP contribution is -2.49. The molecule has 2 heterocycles. The number of morpholine rings is 1. The van der Waals surface area contributed by atoms with Gasteiger partial charge in [-0.3, -0.25) is 29.3 Å². The third-order valence-corrected chi connectivity index (χ3v) is 10.2. The maximum atomic E-state index is 14.1. The van der Waals surface area contributed by atoms with Crippen LogP contribution in [0.1, 0.15) is 46.0 Å². The molecule has 1 aromatic heterocycles. The molecule has 336 valence electrons. The Hall–Kier alpha value is -6.38. The lowest BCUT2D eigenvalue weighted by atomic mass is 10.0. The number of aromatic hydroxyl groups is 1. The van der Waals surface area contributed by atoms with Gasteiger partial charge in [0, 0.05) is 68.1 Å². The number of aromatic nitrogens is 2. The highest BCUT2D eigenvalue weighted by Gasteiger charge is 2.37. The van der Waals surface area contributed by atoms with Crippen LogP contribution < -0.4 is 32.0 Å². The molecule has 4 aromatic rings. The number of urea groups is 1. The molecule has 3 aromatic carbocycles. The van der Waals surface area contributed by atoms with Crippen LogP contribution in [0.3, 0.4) is 0 Å². The van der Waals surface area contributed by atoms with Gasteiger partial charge in [0.05, 0.1) is 75.4 Å². The first-order valence-corrected chi connectivity index (χ1v) is 20.9. The van der Waals surface area contributed by atoms with Gasteiger partial charge in [-0.15, -0.1) is 0 Å². The van der Waals surface area contributed by atoms with Gasteiger partial charge in [0.25, 0.3) is 5.91 Å². The van der Waals surface area contributed by atoms with E-state index in [1.807, 2.05) is 26.1 Å². The molecule has 1 atom stereocenters. The van der Waals surface area contributed by atoms with E-state index in [9.17, 15) is 29.1 Å². The van der Waals surface area contributed by atoms with E-state index < -0.39 is 6.03 Å². The fourth-order valence-electron chi connectivity index (χ4n) is 6.95. The van der Waals surface area contributed by atoms with Gasteiger partial charge in [0.1, 0.15) is 18.0 Å². The number of hydrogen-bond acceptors (Lipinski definition) is 13. The number of phenols is 1. The van der Waals surface area contributed by atoms with Gasteiger partial charge in [0.2, 0.25) is 11.8 Å². The van der Waals surface area contributed by atoms with Crippen molar-refractivity contribution in [3.05, 3.63) is 83.4 Å². The molecule has 0 saturated carbocycles. The number of hydrogen-bond donors (Lipinski definition) is 7. The smallest absolute Gasteiger partial charge is 0.333 e. The predicted octanol–water partition coefficient (Wildman–Crippen LogP) is 2.76. The summed E-state index contributed by atoms with van der Waals surface area (Å²) in [5.41, 5.74) is 7.07. The third-order valence-electron chi connectivity index (χ3n) is 10.2. The predicted molar refractivity (Wildman–Crippen MR) is 233 cm³/mol. The summed E-state index contributed by atoms with van der Waals surface area (Å²) in [6.45, 7) is 6.21. The summed E-state index contributed by atoms with van der Waals surface area (Å²) >= 11 is 0. The monoisotopic (exact) mass is 869 g/mol. The van der Waals surface area contributed by atoms with Crippen molar-refractivity contribution in [3.8, 4) is 28.3 Å². The quantitative estimate of drug-likeness (QED) is 0.0469. The SMILES string of the molecule is CNc1ccc(C(=O)N[C@H](C)CCC(=O)NCCOCCOCCOCCNC(=O)Cn2nc3c(c2-c2ccc(O)cc2)C(=O)c2c(NC(=O)NN4CCOCC4)cccc2-3)cc1. The Morgan fingerprint density at radius 3 is 2.14 bits per heavy atom. The van der Waals surface area contributed by atoms with E-state index >= 15 is 0 Å². The summed E-state index contributed by atoms with van der Waals surface area (Å²) in [5.74, 6) is -0.961. The Balaban J connectivity index is 0.857. The highest BCUT2D eigenvalue weighted by molar-refractivity contribution is 6.27. The normalized spacial score (nSPS) is 13.7. The summed E-state index contributed by atoms with van der Waals surface area (Å²) in [5, 5.41) is 30.8. The number of amides is 5. The van der Waals surface area contributed by atoms with Gasteiger partial charge in [-0.05, 0) is 67.9 Å². The van der Waals surface area contributed by atoms with Crippen molar-refractivity contribution in [1.29, 1.82) is 0 Å². The minimum atomic E-state index is -0.489. The summed E-state index contributed by atoms with van der Waals surface area (Å²) in [6, 6.07) is 17.9. The van der Waals surface area contributed by atoms with E-state index in [0.29, 0.717) is 117 Å². The molecule has 1 aliphatic heterocycles. The zero-order chi connectivity index (χ0) is 44.6. The average molecular weight is 870 g/mol. The molecular formula is C44H55N9O10. The van der Waals surface area contributed by atoms with Crippen molar-refractivity contribution in [2.45, 2.75) is 32.4 Å². The van der Waals surface area contributed by atoms with E-state index in [0.717, 1.165) is 5.69 Å². The zero-order valence-electron chi connectivity index (χ0n) is 35.5. The maximum absolute atomic E-state index is 14.1. The number of phenolic OH excluding ortho intramolecular Hbond substituents is 1. The van der Waals surface area contributed by atoms with Crippen LogP contribution in [0.25, 0.3) is 22.5 Å². The molecule has 1 fully saturated rings. The summed E-state index contributed by atoms with van der Waals surface area (Å²) < 4.78 is 23.5. The van der Waals surface area contributed by atoms with Crippen molar-refractivity contribution in [1.82, 2.24) is 36.2 Å². The largest absolute Gasteiger partial charge is 0.508 e. The Kier molecular flexibility index (Phi) is 17.0. The molecule has 5 amide bonds. The van der Waals surface area contributed by atoms with Crippen molar-refractivity contribution >= 4 is 40.9 Å². The Bertz CT molecular complexity index is 2190. The van der Waals surface area contributed by atoms with Crippen molar-refractivity contribution in [2.24, 2.45) is 0 Å². The van der Waals surface area contributed by atoms with Crippen LogP contribution in [-0.4, -0.2) is 142 Å². The fraction of sp³-hybridized carbons (Fsp3) is 0.409. The Labute approximate surface area is 365 Å². The van der Waals surface area contributed by atoms with Crippen LogP contribution in [0.2, 0.25) is 0 Å². The molecule has 0 bridgehead atoms. The minimum absolute atomic E-state index is 0.0406. The summed E-state index contributed by atoms with van der Waals surface area (Å²) in [6.07, 6.45) is 0.781. The first-order valence-electron chi connectivity index (χ1n) is 20.9. The van der Waals surface area contributed by atoms with E-state index in [1.165, 1.54) is 16.8 Å². The molecule has 0 radical (unpaired) electrons. The second-order valence-corrected chi connectivity index (χ2v) is 14.8. The van der Waals surface area contributed by atoms with Crippen LogP contribution in [0.5, 0.6) is 5.75 Å². The number of anilines is 2. The number of fused-ring (bicyclic) bond motifs is 3. The molecule has 1 saturated heterocycles. The molecule has 63 heavy (non-hydrogen) atoms. The number of carbonyl (C=O) groups is 5. The molecule has 19 heteroatoms. The standard InChI is InChI=1S/C44H55N9O10/c1-29(48-43(58)31-7-11-32(45-2)12-8-31)6-15-36(55)46-16-20-60-24-26-63-27-25-61-21-17-47-37(56)28-53-41(30-9-13-33(54)14-10-30)39-40(50-53)34-4-3-5-35(38(34)42(39)57)49-44(59)51-52-18-22-62-23-19-52/h3-5,7-14,29,45,54H,6,15-28H2,1-2H3,(H,46,55)(H,47,56)(H,48,58)(H2,49,51,59)/t29-/m1/s1. The Morgan fingerprint density at radius 1 is 0.825 bits per heavy atom. The number of nitrogens with one attached hydrogen (secondary N) is 6. The second kappa shape index (κ2) is 23.2. The molecule has 7 N–H and O–H groups in total. The highest BCUT2D eigenvalue weighted by atomic mass is 16.5. The van der Waals surface area contributed by atoms with Crippen LogP contribution in [-0.2, 0) is 35.1 Å². The first-order chi connectivity index (χ1) is 30.6. The number of rotatable bonds is 23. The van der Waals surface area contributed by atoms with Gasteiger partial charge in [0.15, 0.2) is 5.78 Å². The molecule has 6 rings (SSSR count). The Morgan fingerprint density at radius 2 is 1.48 bits per heavy atom. The number of nitrogens with zero attached hydrogens (tertiary/aromatic N) is 3. The number of ketones is 1.